The van der Waals surface area contributed by atoms with Gasteiger partial charge in [-0.05, 0) is 17.7 Å². The Morgan fingerprint density at radius 2 is 2.29 bits per heavy atom. The van der Waals surface area contributed by atoms with Crippen molar-refractivity contribution in [1.29, 1.82) is 0 Å². The monoisotopic (exact) mass is 267 g/mol. The van der Waals surface area contributed by atoms with Crippen LogP contribution in [0.2, 0.25) is 5.02 Å². The Kier molecular flexibility index (Phi) is 3.99. The number of halogens is 1. The van der Waals surface area contributed by atoms with Gasteiger partial charge in [-0.15, -0.1) is 11.3 Å². The SMILES string of the molecule is CN(Cc1cccc(Cl)c1)c1nc(CN)cs1. The molecular formula is C12H14ClN3S. The fourth-order valence-electron chi connectivity index (χ4n) is 1.54. The molecule has 17 heavy (non-hydrogen) atoms. The van der Waals surface area contributed by atoms with Crippen LogP contribution in [0.3, 0.4) is 0 Å². The maximum Gasteiger partial charge on any atom is 0.185 e. The van der Waals surface area contributed by atoms with Crippen LogP contribution in [0.5, 0.6) is 0 Å². The second-order valence-corrected chi connectivity index (χ2v) is 5.08. The number of nitrogens with zero attached hydrogens (tertiary/aromatic N) is 2. The molecule has 2 aromatic rings. The fourth-order valence-corrected chi connectivity index (χ4v) is 2.56. The van der Waals surface area contributed by atoms with Gasteiger partial charge < -0.3 is 10.6 Å². The summed E-state index contributed by atoms with van der Waals surface area (Å²) in [6.45, 7) is 1.28. The Labute approximate surface area is 110 Å². The normalized spacial score (nSPS) is 10.5. The Morgan fingerprint density at radius 3 is 2.94 bits per heavy atom. The van der Waals surface area contributed by atoms with Crippen molar-refractivity contribution in [2.75, 3.05) is 11.9 Å². The molecule has 0 radical (unpaired) electrons. The van der Waals surface area contributed by atoms with E-state index in [1.165, 1.54) is 5.56 Å². The zero-order valence-electron chi connectivity index (χ0n) is 9.56. The summed E-state index contributed by atoms with van der Waals surface area (Å²) >= 11 is 7.56. The summed E-state index contributed by atoms with van der Waals surface area (Å²) in [4.78, 5) is 6.53. The number of anilines is 1. The average molecular weight is 268 g/mol. The van der Waals surface area contributed by atoms with Crippen molar-refractivity contribution in [3.8, 4) is 0 Å². The molecule has 5 heteroatoms. The molecule has 0 unspecified atom stereocenters. The molecule has 0 aliphatic rings. The van der Waals surface area contributed by atoms with E-state index in [2.05, 4.69) is 16.0 Å². The number of thiazole rings is 1. The molecule has 0 fully saturated rings. The largest absolute Gasteiger partial charge is 0.347 e. The first-order chi connectivity index (χ1) is 8.19. The third kappa shape index (κ3) is 3.19. The minimum Gasteiger partial charge on any atom is -0.347 e. The highest BCUT2D eigenvalue weighted by Gasteiger charge is 2.07. The topological polar surface area (TPSA) is 42.2 Å². The lowest BCUT2D eigenvalue weighted by atomic mass is 10.2. The second kappa shape index (κ2) is 5.49. The predicted octanol–water partition coefficient (Wildman–Crippen LogP) is 2.89. The van der Waals surface area contributed by atoms with Crippen LogP contribution in [0.25, 0.3) is 0 Å². The van der Waals surface area contributed by atoms with Crippen LogP contribution in [0.4, 0.5) is 5.13 Å². The van der Waals surface area contributed by atoms with E-state index in [9.17, 15) is 0 Å². The zero-order valence-corrected chi connectivity index (χ0v) is 11.1. The molecule has 3 nitrogen and oxygen atoms in total. The molecule has 2 rings (SSSR count). The molecule has 0 aliphatic carbocycles. The summed E-state index contributed by atoms with van der Waals surface area (Å²) in [7, 11) is 2.01. The van der Waals surface area contributed by atoms with Crippen molar-refractivity contribution >= 4 is 28.1 Å². The van der Waals surface area contributed by atoms with Gasteiger partial charge >= 0.3 is 0 Å². The Bertz CT molecular complexity index is 498. The van der Waals surface area contributed by atoms with Crippen LogP contribution in [-0.4, -0.2) is 12.0 Å². The lowest BCUT2D eigenvalue weighted by Gasteiger charge is -2.15. The highest BCUT2D eigenvalue weighted by Crippen LogP contribution is 2.21. The summed E-state index contributed by atoms with van der Waals surface area (Å²) in [5.74, 6) is 0. The highest BCUT2D eigenvalue weighted by molar-refractivity contribution is 7.13. The first-order valence-corrected chi connectivity index (χ1v) is 6.55. The molecule has 90 valence electrons. The van der Waals surface area contributed by atoms with Gasteiger partial charge in [-0.25, -0.2) is 4.98 Å². The van der Waals surface area contributed by atoms with E-state index in [-0.39, 0.29) is 0 Å². The summed E-state index contributed by atoms with van der Waals surface area (Å²) in [5, 5.41) is 3.73. The minimum atomic E-state index is 0.488. The Balaban J connectivity index is 2.08. The number of hydrogen-bond donors (Lipinski definition) is 1. The molecule has 1 heterocycles. The van der Waals surface area contributed by atoms with Gasteiger partial charge in [0.15, 0.2) is 5.13 Å². The van der Waals surface area contributed by atoms with Gasteiger partial charge in [-0.3, -0.25) is 0 Å². The molecular weight excluding hydrogens is 254 g/mol. The van der Waals surface area contributed by atoms with Crippen molar-refractivity contribution in [2.45, 2.75) is 13.1 Å². The molecule has 0 spiro atoms. The molecule has 0 aliphatic heterocycles. The first kappa shape index (κ1) is 12.4. The van der Waals surface area contributed by atoms with Crippen LogP contribution < -0.4 is 10.6 Å². The second-order valence-electron chi connectivity index (χ2n) is 3.81. The Hall–Kier alpha value is -1.10. The summed E-state index contributed by atoms with van der Waals surface area (Å²) in [5.41, 5.74) is 7.65. The number of aromatic nitrogens is 1. The van der Waals surface area contributed by atoms with Crippen molar-refractivity contribution in [3.05, 3.63) is 45.9 Å². The van der Waals surface area contributed by atoms with Gasteiger partial charge in [0.05, 0.1) is 5.69 Å². The lowest BCUT2D eigenvalue weighted by molar-refractivity contribution is 0.900. The molecule has 1 aromatic carbocycles. The van der Waals surface area contributed by atoms with E-state index in [1.807, 2.05) is 30.6 Å². The van der Waals surface area contributed by atoms with E-state index in [4.69, 9.17) is 17.3 Å². The number of nitrogens with two attached hydrogens (primary N) is 1. The van der Waals surface area contributed by atoms with Crippen LogP contribution in [0.15, 0.2) is 29.6 Å². The molecule has 0 bridgehead atoms. The number of rotatable bonds is 4. The van der Waals surface area contributed by atoms with Crippen LogP contribution in [0.1, 0.15) is 11.3 Å². The van der Waals surface area contributed by atoms with Gasteiger partial charge in [0.2, 0.25) is 0 Å². The highest BCUT2D eigenvalue weighted by atomic mass is 35.5. The number of benzene rings is 1. The van der Waals surface area contributed by atoms with Crippen molar-refractivity contribution in [1.82, 2.24) is 4.98 Å². The van der Waals surface area contributed by atoms with Crippen LogP contribution in [-0.2, 0) is 13.1 Å². The van der Waals surface area contributed by atoms with E-state index in [0.717, 1.165) is 22.4 Å². The molecule has 0 atom stereocenters. The average Bonchev–Trinajstić information content (AvgIpc) is 2.77. The van der Waals surface area contributed by atoms with Gasteiger partial charge in [0.1, 0.15) is 0 Å². The summed E-state index contributed by atoms with van der Waals surface area (Å²) in [6.07, 6.45) is 0. The van der Waals surface area contributed by atoms with E-state index in [1.54, 1.807) is 11.3 Å². The number of hydrogen-bond acceptors (Lipinski definition) is 4. The standard InChI is InChI=1S/C12H14ClN3S/c1-16(12-15-11(6-14)8-17-12)7-9-3-2-4-10(13)5-9/h2-5,8H,6-7,14H2,1H3. The van der Waals surface area contributed by atoms with E-state index < -0.39 is 0 Å². The van der Waals surface area contributed by atoms with Gasteiger partial charge in [0, 0.05) is 30.5 Å². The van der Waals surface area contributed by atoms with Crippen molar-refractivity contribution in [2.24, 2.45) is 5.73 Å². The quantitative estimate of drug-likeness (QED) is 0.926. The summed E-state index contributed by atoms with van der Waals surface area (Å²) in [6, 6.07) is 7.86. The molecule has 0 saturated carbocycles. The first-order valence-electron chi connectivity index (χ1n) is 5.29. The smallest absolute Gasteiger partial charge is 0.185 e. The minimum absolute atomic E-state index is 0.488. The maximum absolute atomic E-state index is 5.95. The van der Waals surface area contributed by atoms with E-state index in [0.29, 0.717) is 6.54 Å². The molecule has 1 aromatic heterocycles. The molecule has 0 amide bonds. The van der Waals surface area contributed by atoms with Gasteiger partial charge in [0.25, 0.3) is 0 Å². The maximum atomic E-state index is 5.95. The van der Waals surface area contributed by atoms with Crippen molar-refractivity contribution < 1.29 is 0 Å². The Morgan fingerprint density at radius 1 is 1.47 bits per heavy atom. The predicted molar refractivity (Wildman–Crippen MR) is 73.6 cm³/mol. The lowest BCUT2D eigenvalue weighted by Crippen LogP contribution is -2.16. The van der Waals surface area contributed by atoms with Crippen molar-refractivity contribution in [3.63, 3.8) is 0 Å². The third-order valence-corrected chi connectivity index (χ3v) is 3.62. The molecule has 0 saturated heterocycles. The summed E-state index contributed by atoms with van der Waals surface area (Å²) < 4.78 is 0. The van der Waals surface area contributed by atoms with Gasteiger partial charge in [-0.1, -0.05) is 23.7 Å². The fraction of sp³-hybridized carbons (Fsp3) is 0.250. The van der Waals surface area contributed by atoms with E-state index >= 15 is 0 Å². The van der Waals surface area contributed by atoms with Gasteiger partial charge in [-0.2, -0.15) is 0 Å². The molecule has 2 N–H and O–H groups in total. The van der Waals surface area contributed by atoms with Crippen LogP contribution >= 0.6 is 22.9 Å². The third-order valence-electron chi connectivity index (χ3n) is 2.38. The van der Waals surface area contributed by atoms with Crippen LogP contribution in [0, 0.1) is 0 Å². The zero-order chi connectivity index (χ0) is 12.3.